The van der Waals surface area contributed by atoms with Crippen LogP contribution in [0.3, 0.4) is 0 Å². The minimum atomic E-state index is 0.536. The van der Waals surface area contributed by atoms with Gasteiger partial charge in [-0.1, -0.05) is 77.6 Å². The molecular formula is C19H35N3. The summed E-state index contributed by atoms with van der Waals surface area (Å²) in [6, 6.07) is 3.88. The van der Waals surface area contributed by atoms with Crippen molar-refractivity contribution < 1.29 is 0 Å². The third-order valence-corrected chi connectivity index (χ3v) is 4.24. The summed E-state index contributed by atoms with van der Waals surface area (Å²) in [4.78, 5) is 4.00. The third-order valence-electron chi connectivity index (χ3n) is 4.24. The predicted octanol–water partition coefficient (Wildman–Crippen LogP) is 5.49. The van der Waals surface area contributed by atoms with Crippen LogP contribution in [0.1, 0.15) is 89.5 Å². The van der Waals surface area contributed by atoms with Crippen molar-refractivity contribution in [1.82, 2.24) is 4.98 Å². The Labute approximate surface area is 136 Å². The highest BCUT2D eigenvalue weighted by atomic mass is 14.9. The van der Waals surface area contributed by atoms with Crippen LogP contribution in [0.15, 0.2) is 12.1 Å². The first kappa shape index (κ1) is 18.8. The fraction of sp³-hybridized carbons (Fsp3) is 0.737. The minimum absolute atomic E-state index is 0.536. The average molecular weight is 306 g/mol. The van der Waals surface area contributed by atoms with Gasteiger partial charge in [0.25, 0.3) is 0 Å². The molecule has 4 N–H and O–H groups in total. The highest BCUT2D eigenvalue weighted by molar-refractivity contribution is 5.43. The molecule has 0 saturated heterocycles. The molecule has 0 bridgehead atoms. The van der Waals surface area contributed by atoms with Gasteiger partial charge in [0.15, 0.2) is 0 Å². The monoisotopic (exact) mass is 305 g/mol. The molecule has 0 atom stereocenters. The van der Waals surface area contributed by atoms with Crippen molar-refractivity contribution in [2.75, 3.05) is 11.5 Å². The van der Waals surface area contributed by atoms with Crippen LogP contribution >= 0.6 is 0 Å². The largest absolute Gasteiger partial charge is 0.384 e. The summed E-state index contributed by atoms with van der Waals surface area (Å²) >= 11 is 0. The molecule has 0 aliphatic heterocycles. The highest BCUT2D eigenvalue weighted by Gasteiger charge is 1.99. The first-order valence-electron chi connectivity index (χ1n) is 9.24. The molecule has 1 rings (SSSR count). The van der Waals surface area contributed by atoms with Crippen molar-refractivity contribution in [2.45, 2.75) is 90.4 Å². The second-order valence-corrected chi connectivity index (χ2v) is 6.46. The van der Waals surface area contributed by atoms with Gasteiger partial charge in [0.2, 0.25) is 0 Å². The van der Waals surface area contributed by atoms with Crippen LogP contribution in [0.2, 0.25) is 0 Å². The van der Waals surface area contributed by atoms with E-state index in [9.17, 15) is 0 Å². The van der Waals surface area contributed by atoms with E-state index in [4.69, 9.17) is 11.5 Å². The van der Waals surface area contributed by atoms with Crippen molar-refractivity contribution in [2.24, 2.45) is 0 Å². The number of aromatic nitrogens is 1. The van der Waals surface area contributed by atoms with Crippen molar-refractivity contribution in [3.63, 3.8) is 0 Å². The Hall–Kier alpha value is -1.25. The smallest absolute Gasteiger partial charge is 0.126 e. The van der Waals surface area contributed by atoms with E-state index in [1.807, 2.05) is 12.1 Å². The predicted molar refractivity (Wildman–Crippen MR) is 97.8 cm³/mol. The third kappa shape index (κ3) is 9.64. The SMILES string of the molecule is CCCCCCCCCCCCCCc1cc(N)nc(N)c1. The molecule has 22 heavy (non-hydrogen) atoms. The number of rotatable bonds is 13. The zero-order valence-electron chi connectivity index (χ0n) is 14.4. The lowest BCUT2D eigenvalue weighted by Crippen LogP contribution is -1.98. The Morgan fingerprint density at radius 3 is 1.55 bits per heavy atom. The number of anilines is 2. The van der Waals surface area contributed by atoms with Crippen LogP contribution in [0, 0.1) is 0 Å². The Balaban J connectivity index is 1.89. The molecular weight excluding hydrogens is 270 g/mol. The van der Waals surface area contributed by atoms with Crippen molar-refractivity contribution in [1.29, 1.82) is 0 Å². The molecule has 0 aliphatic rings. The molecule has 1 heterocycles. The maximum Gasteiger partial charge on any atom is 0.126 e. The molecule has 0 unspecified atom stereocenters. The summed E-state index contributed by atoms with van der Waals surface area (Å²) < 4.78 is 0. The first-order valence-corrected chi connectivity index (χ1v) is 9.24. The van der Waals surface area contributed by atoms with Gasteiger partial charge in [0, 0.05) is 0 Å². The number of nitrogen functional groups attached to an aromatic ring is 2. The fourth-order valence-corrected chi connectivity index (χ4v) is 2.95. The Bertz CT molecular complexity index is 370. The van der Waals surface area contributed by atoms with Gasteiger partial charge >= 0.3 is 0 Å². The Morgan fingerprint density at radius 2 is 1.09 bits per heavy atom. The fourth-order valence-electron chi connectivity index (χ4n) is 2.95. The minimum Gasteiger partial charge on any atom is -0.384 e. The molecule has 0 saturated carbocycles. The van der Waals surface area contributed by atoms with Crippen molar-refractivity contribution >= 4 is 11.6 Å². The van der Waals surface area contributed by atoms with E-state index < -0.39 is 0 Å². The standard InChI is InChI=1S/C19H35N3/c1-2-3-4-5-6-7-8-9-10-11-12-13-14-17-15-18(20)22-19(21)16-17/h15-16H,2-14H2,1H3,(H4,20,21,22). The molecule has 126 valence electrons. The van der Waals surface area contributed by atoms with Gasteiger partial charge in [-0.3, -0.25) is 0 Å². The van der Waals surface area contributed by atoms with E-state index >= 15 is 0 Å². The summed E-state index contributed by atoms with van der Waals surface area (Å²) in [6.07, 6.45) is 17.6. The first-order chi connectivity index (χ1) is 10.7. The molecule has 0 aliphatic carbocycles. The zero-order chi connectivity index (χ0) is 16.0. The molecule has 3 heteroatoms. The second-order valence-electron chi connectivity index (χ2n) is 6.46. The molecule has 3 nitrogen and oxygen atoms in total. The van der Waals surface area contributed by atoms with E-state index in [1.54, 1.807) is 0 Å². The molecule has 0 radical (unpaired) electrons. The lowest BCUT2D eigenvalue weighted by Gasteiger charge is -2.05. The number of unbranched alkanes of at least 4 members (excludes halogenated alkanes) is 11. The second kappa shape index (κ2) is 12.3. The van der Waals surface area contributed by atoms with Crippen molar-refractivity contribution in [3.05, 3.63) is 17.7 Å². The van der Waals surface area contributed by atoms with Gasteiger partial charge < -0.3 is 11.5 Å². The topological polar surface area (TPSA) is 64.9 Å². The van der Waals surface area contributed by atoms with E-state index in [0.717, 1.165) is 6.42 Å². The number of nitrogens with zero attached hydrogens (tertiary/aromatic N) is 1. The van der Waals surface area contributed by atoms with Gasteiger partial charge in [-0.15, -0.1) is 0 Å². The molecule has 0 amide bonds. The number of pyridine rings is 1. The van der Waals surface area contributed by atoms with Crippen LogP contribution in [0.25, 0.3) is 0 Å². The summed E-state index contributed by atoms with van der Waals surface area (Å²) in [6.45, 7) is 2.28. The average Bonchev–Trinajstić information content (AvgIpc) is 2.47. The Morgan fingerprint density at radius 1 is 0.682 bits per heavy atom. The molecule has 0 aromatic carbocycles. The number of hydrogen-bond acceptors (Lipinski definition) is 3. The molecule has 0 fully saturated rings. The maximum atomic E-state index is 5.70. The summed E-state index contributed by atoms with van der Waals surface area (Å²) in [5.41, 5.74) is 12.6. The summed E-state index contributed by atoms with van der Waals surface area (Å²) in [7, 11) is 0. The number of aryl methyl sites for hydroxylation is 1. The number of hydrogen-bond donors (Lipinski definition) is 2. The van der Waals surface area contributed by atoms with Gasteiger partial charge in [0.1, 0.15) is 11.6 Å². The van der Waals surface area contributed by atoms with E-state index in [2.05, 4.69) is 11.9 Å². The van der Waals surface area contributed by atoms with Gasteiger partial charge in [-0.05, 0) is 30.5 Å². The van der Waals surface area contributed by atoms with Crippen LogP contribution in [-0.4, -0.2) is 4.98 Å². The quantitative estimate of drug-likeness (QED) is 0.474. The van der Waals surface area contributed by atoms with Gasteiger partial charge in [-0.25, -0.2) is 4.98 Å². The number of nitrogens with two attached hydrogens (primary N) is 2. The summed E-state index contributed by atoms with van der Waals surface area (Å²) in [5, 5.41) is 0. The normalized spacial score (nSPS) is 11.0. The van der Waals surface area contributed by atoms with Gasteiger partial charge in [0.05, 0.1) is 0 Å². The summed E-state index contributed by atoms with van der Waals surface area (Å²) in [5.74, 6) is 1.07. The van der Waals surface area contributed by atoms with Crippen LogP contribution < -0.4 is 11.5 Å². The zero-order valence-corrected chi connectivity index (χ0v) is 14.4. The van der Waals surface area contributed by atoms with Crippen LogP contribution in [-0.2, 0) is 6.42 Å². The van der Waals surface area contributed by atoms with E-state index in [0.29, 0.717) is 11.6 Å². The molecule has 1 aromatic heterocycles. The Kier molecular flexibility index (Phi) is 10.5. The lowest BCUT2D eigenvalue weighted by atomic mass is 10.0. The van der Waals surface area contributed by atoms with E-state index in [1.165, 1.54) is 82.6 Å². The molecule has 0 spiro atoms. The van der Waals surface area contributed by atoms with Crippen LogP contribution in [0.5, 0.6) is 0 Å². The maximum absolute atomic E-state index is 5.70. The van der Waals surface area contributed by atoms with Crippen LogP contribution in [0.4, 0.5) is 11.6 Å². The van der Waals surface area contributed by atoms with E-state index in [-0.39, 0.29) is 0 Å². The highest BCUT2D eigenvalue weighted by Crippen LogP contribution is 2.15. The lowest BCUT2D eigenvalue weighted by molar-refractivity contribution is 0.544. The van der Waals surface area contributed by atoms with Gasteiger partial charge in [-0.2, -0.15) is 0 Å². The van der Waals surface area contributed by atoms with Crippen molar-refractivity contribution in [3.8, 4) is 0 Å². The molecule has 1 aromatic rings.